The molecule has 0 N–H and O–H groups in total. The molecule has 5 heteroatoms. The Morgan fingerprint density at radius 2 is 1.58 bits per heavy atom. The third kappa shape index (κ3) is 3.33. The molecule has 0 saturated heterocycles. The van der Waals surface area contributed by atoms with Gasteiger partial charge in [0, 0.05) is 11.9 Å². The Morgan fingerprint density at radius 3 is 2.35 bits per heavy atom. The summed E-state index contributed by atoms with van der Waals surface area (Å²) in [5, 5.41) is 0.946. The summed E-state index contributed by atoms with van der Waals surface area (Å²) in [4.78, 5) is 0. The predicted molar refractivity (Wildman–Crippen MR) is 114 cm³/mol. The fourth-order valence-electron chi connectivity index (χ4n) is 3.05. The molecular weight excluding hydrogens is 411 g/mol. The number of hydrogen-bond acceptors (Lipinski definition) is 3. The zero-order chi connectivity index (χ0) is 17.9. The van der Waals surface area contributed by atoms with Gasteiger partial charge in [0.25, 0.3) is 0 Å². The van der Waals surface area contributed by atoms with Crippen LogP contribution in [0.2, 0.25) is 0 Å². The first-order chi connectivity index (χ1) is 12.8. The van der Waals surface area contributed by atoms with Gasteiger partial charge in [-0.2, -0.15) is 0 Å². The maximum atomic E-state index is 14.5. The lowest BCUT2D eigenvalue weighted by Gasteiger charge is -2.19. The number of halogens is 2. The summed E-state index contributed by atoms with van der Waals surface area (Å²) in [6.07, 6.45) is 1.03. The largest absolute Gasteiger partial charge is 0.296 e. The first-order valence-electron chi connectivity index (χ1n) is 8.53. The summed E-state index contributed by atoms with van der Waals surface area (Å²) < 4.78 is 18.7. The molecule has 0 unspecified atom stereocenters. The third-order valence-corrected chi connectivity index (χ3v) is 6.01. The lowest BCUT2D eigenvalue weighted by atomic mass is 10.0. The van der Waals surface area contributed by atoms with E-state index in [-0.39, 0.29) is 5.82 Å². The van der Waals surface area contributed by atoms with Gasteiger partial charge >= 0.3 is 0 Å². The van der Waals surface area contributed by atoms with E-state index in [4.69, 9.17) is 0 Å². The molecule has 0 atom stereocenters. The fourth-order valence-corrected chi connectivity index (χ4v) is 4.42. The Morgan fingerprint density at radius 1 is 0.808 bits per heavy atom. The number of nitrogens with zero attached hydrogens (tertiary/aromatic N) is 2. The highest BCUT2D eigenvalue weighted by molar-refractivity contribution is 9.09. The Balaban J connectivity index is 1.78. The van der Waals surface area contributed by atoms with Crippen LogP contribution in [0.3, 0.4) is 0 Å². The molecule has 3 aromatic rings. The van der Waals surface area contributed by atoms with Crippen molar-refractivity contribution < 1.29 is 4.39 Å². The smallest absolute Gasteiger partial charge is 0.147 e. The van der Waals surface area contributed by atoms with Crippen molar-refractivity contribution in [1.82, 2.24) is 0 Å². The van der Waals surface area contributed by atoms with Gasteiger partial charge in [-0.3, -0.25) is 8.61 Å². The molecule has 0 aliphatic carbocycles. The number of fused-ring (bicyclic) bond motifs is 1. The minimum absolute atomic E-state index is 0.210. The molecule has 132 valence electrons. The summed E-state index contributed by atoms with van der Waals surface area (Å²) in [7, 11) is 0. The van der Waals surface area contributed by atoms with Gasteiger partial charge in [-0.05, 0) is 41.8 Å². The molecule has 1 aliphatic heterocycles. The number of hydrogen-bond donors (Lipinski definition) is 0. The van der Waals surface area contributed by atoms with E-state index in [1.54, 1.807) is 18.2 Å². The summed E-state index contributed by atoms with van der Waals surface area (Å²) in [5.74, 6) is -0.210. The second kappa shape index (κ2) is 7.72. The first kappa shape index (κ1) is 17.4. The predicted octanol–water partition coefficient (Wildman–Crippen LogP) is 6.80. The Kier molecular flexibility index (Phi) is 5.18. The van der Waals surface area contributed by atoms with Crippen LogP contribution < -0.4 is 8.61 Å². The van der Waals surface area contributed by atoms with E-state index in [9.17, 15) is 4.39 Å². The van der Waals surface area contributed by atoms with Crippen molar-refractivity contribution in [3.05, 3.63) is 78.6 Å². The number of anilines is 3. The molecule has 0 aromatic heterocycles. The summed E-state index contributed by atoms with van der Waals surface area (Å²) in [6.45, 7) is 0.901. The molecule has 1 heterocycles. The lowest BCUT2D eigenvalue weighted by molar-refractivity contribution is 0.630. The average Bonchev–Trinajstić information content (AvgIpc) is 3.05. The highest BCUT2D eigenvalue weighted by Crippen LogP contribution is 2.50. The van der Waals surface area contributed by atoms with E-state index in [2.05, 4.69) is 50.6 Å². The van der Waals surface area contributed by atoms with Gasteiger partial charge in [0.1, 0.15) is 5.82 Å². The van der Waals surface area contributed by atoms with Crippen molar-refractivity contribution in [1.29, 1.82) is 0 Å². The van der Waals surface area contributed by atoms with Crippen molar-refractivity contribution in [3.8, 4) is 11.1 Å². The van der Waals surface area contributed by atoms with E-state index in [1.165, 1.54) is 6.07 Å². The van der Waals surface area contributed by atoms with Crippen LogP contribution in [-0.2, 0) is 0 Å². The van der Waals surface area contributed by atoms with Gasteiger partial charge in [-0.25, -0.2) is 4.39 Å². The minimum Gasteiger partial charge on any atom is -0.296 e. The second-order valence-electron chi connectivity index (χ2n) is 6.04. The van der Waals surface area contributed by atoms with Crippen LogP contribution in [0.25, 0.3) is 11.1 Å². The van der Waals surface area contributed by atoms with E-state index >= 15 is 0 Å². The molecule has 3 aromatic carbocycles. The summed E-state index contributed by atoms with van der Waals surface area (Å²) >= 11 is 5.06. The van der Waals surface area contributed by atoms with Crippen LogP contribution >= 0.6 is 28.1 Å². The number of rotatable bonds is 5. The molecule has 2 nitrogen and oxygen atoms in total. The van der Waals surface area contributed by atoms with Crippen molar-refractivity contribution in [3.63, 3.8) is 0 Å². The lowest BCUT2D eigenvalue weighted by Crippen LogP contribution is -2.15. The van der Waals surface area contributed by atoms with Crippen molar-refractivity contribution in [2.45, 2.75) is 6.42 Å². The van der Waals surface area contributed by atoms with Crippen LogP contribution in [0.1, 0.15) is 6.42 Å². The normalized spacial score (nSPS) is 13.2. The Hall–Kier alpha value is -1.98. The molecule has 0 saturated carbocycles. The molecule has 0 radical (unpaired) electrons. The zero-order valence-corrected chi connectivity index (χ0v) is 16.5. The van der Waals surface area contributed by atoms with Gasteiger partial charge < -0.3 is 0 Å². The molecule has 0 amide bonds. The Labute approximate surface area is 166 Å². The van der Waals surface area contributed by atoms with E-state index < -0.39 is 0 Å². The highest BCUT2D eigenvalue weighted by Gasteiger charge is 2.30. The SMILES string of the molecule is Fc1ccccc1N1SN(CCCBr)c2ccc(-c3ccccc3)cc21. The molecule has 26 heavy (non-hydrogen) atoms. The number of alkyl halides is 1. The highest BCUT2D eigenvalue weighted by atomic mass is 79.9. The molecule has 1 aliphatic rings. The standard InChI is InChI=1S/C21H18BrFN2S/c22-13-6-14-24-20-12-11-17(16-7-2-1-3-8-16)15-21(20)25(26-24)19-10-5-4-9-18(19)23/h1-5,7-12,15H,6,13-14H2. The van der Waals surface area contributed by atoms with Gasteiger partial charge in [0.2, 0.25) is 0 Å². The van der Waals surface area contributed by atoms with Crippen LogP contribution in [0, 0.1) is 5.82 Å². The first-order valence-corrected chi connectivity index (χ1v) is 10.4. The number of benzene rings is 3. The zero-order valence-electron chi connectivity index (χ0n) is 14.1. The quantitative estimate of drug-likeness (QED) is 0.325. The maximum Gasteiger partial charge on any atom is 0.147 e. The minimum atomic E-state index is -0.210. The number of para-hydroxylation sites is 1. The monoisotopic (exact) mass is 428 g/mol. The average molecular weight is 429 g/mol. The molecule has 0 bridgehead atoms. The van der Waals surface area contributed by atoms with Crippen molar-refractivity contribution in [2.24, 2.45) is 0 Å². The molecule has 0 fully saturated rings. The fraction of sp³-hybridized carbons (Fsp3) is 0.143. The van der Waals surface area contributed by atoms with E-state index in [0.717, 1.165) is 40.8 Å². The van der Waals surface area contributed by atoms with E-state index in [1.807, 2.05) is 34.6 Å². The van der Waals surface area contributed by atoms with Crippen LogP contribution in [0.5, 0.6) is 0 Å². The van der Waals surface area contributed by atoms with Gasteiger partial charge in [0.05, 0.1) is 29.2 Å². The summed E-state index contributed by atoms with van der Waals surface area (Å²) in [6, 6.07) is 23.7. The topological polar surface area (TPSA) is 6.48 Å². The molecular formula is C21H18BrFN2S. The second-order valence-corrected chi connectivity index (χ2v) is 7.80. The van der Waals surface area contributed by atoms with Crippen LogP contribution in [0.4, 0.5) is 21.5 Å². The van der Waals surface area contributed by atoms with Gasteiger partial charge in [-0.15, -0.1) is 0 Å². The third-order valence-electron chi connectivity index (χ3n) is 4.32. The van der Waals surface area contributed by atoms with Crippen LogP contribution in [0.15, 0.2) is 72.8 Å². The van der Waals surface area contributed by atoms with Crippen LogP contribution in [-0.4, -0.2) is 11.9 Å². The van der Waals surface area contributed by atoms with Crippen molar-refractivity contribution in [2.75, 3.05) is 20.5 Å². The molecule has 0 spiro atoms. The maximum absolute atomic E-state index is 14.5. The van der Waals surface area contributed by atoms with E-state index in [0.29, 0.717) is 5.69 Å². The Bertz CT molecular complexity index is 904. The van der Waals surface area contributed by atoms with Gasteiger partial charge in [-0.1, -0.05) is 64.5 Å². The van der Waals surface area contributed by atoms with Gasteiger partial charge in [0.15, 0.2) is 0 Å². The molecule has 4 rings (SSSR count). The van der Waals surface area contributed by atoms with Crippen molar-refractivity contribution >= 4 is 45.1 Å². The summed E-state index contributed by atoms with van der Waals surface area (Å²) in [5.41, 5.74) is 5.03.